The first kappa shape index (κ1) is 14.0. The molecule has 1 aromatic carbocycles. The highest BCUT2D eigenvalue weighted by molar-refractivity contribution is 5.83. The van der Waals surface area contributed by atoms with E-state index >= 15 is 0 Å². The Morgan fingerprint density at radius 3 is 2.83 bits per heavy atom. The number of rotatable bonds is 5. The zero-order chi connectivity index (χ0) is 13.5. The second kappa shape index (κ2) is 6.58. The molecule has 1 amide bonds. The summed E-state index contributed by atoms with van der Waals surface area (Å²) >= 11 is 0. The highest BCUT2D eigenvalue weighted by atomic mass is 19.1. The summed E-state index contributed by atoms with van der Waals surface area (Å²) in [6.07, 6.45) is -0.0322. The highest BCUT2D eigenvalue weighted by Gasteiger charge is 2.11. The van der Waals surface area contributed by atoms with Crippen LogP contribution in [0.1, 0.15) is 12.5 Å². The third-order valence-corrected chi connectivity index (χ3v) is 2.53. The van der Waals surface area contributed by atoms with Gasteiger partial charge in [0.1, 0.15) is 11.7 Å². The number of nitrogens with one attached hydrogen (secondary N) is 1. The summed E-state index contributed by atoms with van der Waals surface area (Å²) in [6.45, 7) is 1.95. The van der Waals surface area contributed by atoms with Gasteiger partial charge in [-0.3, -0.25) is 4.79 Å². The normalized spacial score (nSPS) is 13.1. The van der Waals surface area contributed by atoms with Gasteiger partial charge in [-0.05, 0) is 11.6 Å². The van der Waals surface area contributed by atoms with Crippen LogP contribution < -0.4 is 11.1 Å². The molecule has 0 aromatic heterocycles. The number of nitrogens with zero attached hydrogens (tertiary/aromatic N) is 1. The molecule has 5 nitrogen and oxygen atoms in total. The van der Waals surface area contributed by atoms with Crippen LogP contribution in [0.15, 0.2) is 29.4 Å². The Kier molecular flexibility index (Phi) is 5.10. The average Bonchev–Trinajstić information content (AvgIpc) is 2.37. The van der Waals surface area contributed by atoms with E-state index in [1.54, 1.807) is 25.1 Å². The summed E-state index contributed by atoms with van der Waals surface area (Å²) in [5.74, 6) is -0.949. The molecule has 1 rings (SSSR count). The van der Waals surface area contributed by atoms with E-state index in [0.29, 0.717) is 5.56 Å². The second-order valence-corrected chi connectivity index (χ2v) is 4.00. The fraction of sp³-hybridized carbons (Fsp3) is 0.333. The Balaban J connectivity index is 2.46. The van der Waals surface area contributed by atoms with Gasteiger partial charge in [-0.25, -0.2) is 4.39 Å². The molecule has 4 N–H and O–H groups in total. The van der Waals surface area contributed by atoms with E-state index < -0.39 is 5.82 Å². The predicted octanol–water partition coefficient (Wildman–Crippen LogP) is 0.867. The van der Waals surface area contributed by atoms with Crippen LogP contribution in [0.2, 0.25) is 0 Å². The Bertz CT molecular complexity index is 449. The Hall–Kier alpha value is -2.11. The van der Waals surface area contributed by atoms with Gasteiger partial charge in [0.05, 0.1) is 6.42 Å². The molecule has 0 fully saturated rings. The molecule has 1 atom stereocenters. The molecule has 0 aliphatic carbocycles. The fourth-order valence-corrected chi connectivity index (χ4v) is 1.35. The molecule has 98 valence electrons. The molecule has 0 aliphatic rings. The summed E-state index contributed by atoms with van der Waals surface area (Å²) in [5, 5.41) is 13.9. The maximum Gasteiger partial charge on any atom is 0.224 e. The number of amidine groups is 1. The molecule has 6 heteroatoms. The lowest BCUT2D eigenvalue weighted by Gasteiger charge is -2.11. The minimum Gasteiger partial charge on any atom is -0.409 e. The Morgan fingerprint density at radius 2 is 2.22 bits per heavy atom. The molecule has 0 heterocycles. The molecule has 1 aromatic rings. The molecule has 0 radical (unpaired) electrons. The zero-order valence-corrected chi connectivity index (χ0v) is 10.1. The first-order valence-corrected chi connectivity index (χ1v) is 5.52. The van der Waals surface area contributed by atoms with E-state index in [1.165, 1.54) is 6.07 Å². The minimum absolute atomic E-state index is 0.0322. The van der Waals surface area contributed by atoms with E-state index in [-0.39, 0.29) is 30.6 Å². The van der Waals surface area contributed by atoms with Crippen molar-refractivity contribution >= 4 is 11.7 Å². The van der Waals surface area contributed by atoms with E-state index in [0.717, 1.165) is 0 Å². The number of oxime groups is 1. The van der Waals surface area contributed by atoms with Crippen molar-refractivity contribution in [3.8, 4) is 0 Å². The molecule has 0 saturated heterocycles. The van der Waals surface area contributed by atoms with Crippen molar-refractivity contribution in [2.75, 3.05) is 6.54 Å². The maximum absolute atomic E-state index is 13.3. The number of hydrogen-bond acceptors (Lipinski definition) is 3. The van der Waals surface area contributed by atoms with Crippen molar-refractivity contribution in [3.63, 3.8) is 0 Å². The third kappa shape index (κ3) is 4.04. The highest BCUT2D eigenvalue weighted by Crippen LogP contribution is 2.06. The van der Waals surface area contributed by atoms with Gasteiger partial charge >= 0.3 is 0 Å². The van der Waals surface area contributed by atoms with E-state index in [1.807, 2.05) is 0 Å². The number of carbonyl (C=O) groups excluding carboxylic acids is 1. The summed E-state index contributed by atoms with van der Waals surface area (Å²) in [4.78, 5) is 11.6. The minimum atomic E-state index is -0.405. The van der Waals surface area contributed by atoms with Gasteiger partial charge in [0, 0.05) is 12.5 Å². The van der Waals surface area contributed by atoms with Crippen molar-refractivity contribution < 1.29 is 14.4 Å². The van der Waals surface area contributed by atoms with Gasteiger partial charge in [-0.15, -0.1) is 0 Å². The molecule has 0 spiro atoms. The van der Waals surface area contributed by atoms with Crippen molar-refractivity contribution in [1.82, 2.24) is 5.32 Å². The summed E-state index contributed by atoms with van der Waals surface area (Å²) in [6, 6.07) is 6.10. The van der Waals surface area contributed by atoms with Gasteiger partial charge in [-0.1, -0.05) is 30.3 Å². The van der Waals surface area contributed by atoms with Gasteiger partial charge in [-0.2, -0.15) is 0 Å². The smallest absolute Gasteiger partial charge is 0.224 e. The fourth-order valence-electron chi connectivity index (χ4n) is 1.35. The first-order chi connectivity index (χ1) is 8.54. The molecule has 0 bridgehead atoms. The maximum atomic E-state index is 13.3. The molecule has 0 aliphatic heterocycles. The Labute approximate surface area is 104 Å². The van der Waals surface area contributed by atoms with Crippen molar-refractivity contribution in [2.24, 2.45) is 16.8 Å². The molecule has 18 heavy (non-hydrogen) atoms. The van der Waals surface area contributed by atoms with Crippen LogP contribution in [-0.4, -0.2) is 23.5 Å². The van der Waals surface area contributed by atoms with E-state index in [9.17, 15) is 9.18 Å². The van der Waals surface area contributed by atoms with Crippen molar-refractivity contribution in [3.05, 3.63) is 35.6 Å². The van der Waals surface area contributed by atoms with Crippen LogP contribution >= 0.6 is 0 Å². The van der Waals surface area contributed by atoms with Gasteiger partial charge < -0.3 is 16.3 Å². The van der Waals surface area contributed by atoms with Crippen molar-refractivity contribution in [1.29, 1.82) is 0 Å². The van der Waals surface area contributed by atoms with E-state index in [2.05, 4.69) is 10.5 Å². The lowest BCUT2D eigenvalue weighted by Crippen LogP contribution is -2.35. The largest absolute Gasteiger partial charge is 0.409 e. The lowest BCUT2D eigenvalue weighted by molar-refractivity contribution is -0.120. The predicted molar refractivity (Wildman–Crippen MR) is 65.7 cm³/mol. The summed E-state index contributed by atoms with van der Waals surface area (Å²) < 4.78 is 13.3. The average molecular weight is 253 g/mol. The summed E-state index contributed by atoms with van der Waals surface area (Å²) in [5.41, 5.74) is 5.71. The number of hydrogen-bond donors (Lipinski definition) is 3. The lowest BCUT2D eigenvalue weighted by atomic mass is 10.1. The number of carbonyl (C=O) groups is 1. The summed E-state index contributed by atoms with van der Waals surface area (Å²) in [7, 11) is 0. The van der Waals surface area contributed by atoms with Crippen LogP contribution in [0, 0.1) is 11.7 Å². The van der Waals surface area contributed by atoms with Crippen LogP contribution in [0.5, 0.6) is 0 Å². The molecule has 0 saturated carbocycles. The number of nitrogens with two attached hydrogens (primary N) is 1. The first-order valence-electron chi connectivity index (χ1n) is 5.52. The van der Waals surface area contributed by atoms with Crippen LogP contribution in [0.3, 0.4) is 0 Å². The SMILES string of the molecule is CC(CNC(=O)Cc1ccccc1F)C(N)=NO. The number of halogens is 1. The standard InChI is InChI=1S/C12H16FN3O2/c1-8(12(14)16-18)7-15-11(17)6-9-4-2-3-5-10(9)13/h2-5,8,18H,6-7H2,1H3,(H2,14,16)(H,15,17). The molecular formula is C12H16FN3O2. The van der Waals surface area contributed by atoms with Crippen LogP contribution in [0.4, 0.5) is 4.39 Å². The van der Waals surface area contributed by atoms with Crippen LogP contribution in [0.25, 0.3) is 0 Å². The number of benzene rings is 1. The van der Waals surface area contributed by atoms with Gasteiger partial charge in [0.25, 0.3) is 0 Å². The molecular weight excluding hydrogens is 237 g/mol. The molecule has 1 unspecified atom stereocenters. The van der Waals surface area contributed by atoms with Gasteiger partial charge in [0.15, 0.2) is 0 Å². The Morgan fingerprint density at radius 1 is 1.56 bits per heavy atom. The third-order valence-electron chi connectivity index (χ3n) is 2.53. The quantitative estimate of drug-likeness (QED) is 0.315. The second-order valence-electron chi connectivity index (χ2n) is 4.00. The number of amides is 1. The topological polar surface area (TPSA) is 87.7 Å². The van der Waals surface area contributed by atoms with Crippen molar-refractivity contribution in [2.45, 2.75) is 13.3 Å². The zero-order valence-electron chi connectivity index (χ0n) is 10.1. The monoisotopic (exact) mass is 253 g/mol. The van der Waals surface area contributed by atoms with Gasteiger partial charge in [0.2, 0.25) is 5.91 Å². The van der Waals surface area contributed by atoms with E-state index in [4.69, 9.17) is 10.9 Å². The van der Waals surface area contributed by atoms with Crippen LogP contribution in [-0.2, 0) is 11.2 Å².